The largest absolute Gasteiger partial charge is 0.490 e. The Labute approximate surface area is 167 Å². The molecule has 0 N–H and O–H groups in total. The lowest BCUT2D eigenvalue weighted by atomic mass is 10.1. The SMILES string of the molecule is Cc1ccc(OCCOc2c(Cl)cc(/C=N\n3cnnc3)cc2Cl)cc1C. The Bertz CT molecular complexity index is 920. The number of benzene rings is 2. The van der Waals surface area contributed by atoms with E-state index in [1.807, 2.05) is 25.1 Å². The van der Waals surface area contributed by atoms with Gasteiger partial charge in [0.15, 0.2) is 5.75 Å². The predicted octanol–water partition coefficient (Wildman–Crippen LogP) is 4.54. The maximum Gasteiger partial charge on any atom is 0.156 e. The Balaban J connectivity index is 1.57. The lowest BCUT2D eigenvalue weighted by molar-refractivity contribution is 0.217. The molecule has 3 aromatic rings. The standard InChI is InChI=1S/C19H18Cl2N4O2/c1-13-3-4-16(7-14(13)2)26-5-6-27-19-17(20)8-15(9-18(19)21)10-24-25-11-22-23-12-25/h3-4,7-12H,5-6H2,1-2H3/b24-10-. The normalized spacial score (nSPS) is 11.1. The van der Waals surface area contributed by atoms with Gasteiger partial charge in [0, 0.05) is 0 Å². The van der Waals surface area contributed by atoms with Crippen LogP contribution in [0.5, 0.6) is 11.5 Å². The van der Waals surface area contributed by atoms with Crippen LogP contribution in [0.15, 0.2) is 48.1 Å². The maximum atomic E-state index is 6.29. The third-order valence-corrected chi connectivity index (χ3v) is 4.41. The molecule has 0 unspecified atom stereocenters. The fourth-order valence-corrected chi connectivity index (χ4v) is 2.90. The van der Waals surface area contributed by atoms with Crippen LogP contribution in [-0.2, 0) is 0 Å². The van der Waals surface area contributed by atoms with Crippen molar-refractivity contribution in [1.82, 2.24) is 14.9 Å². The van der Waals surface area contributed by atoms with Crippen molar-refractivity contribution in [2.45, 2.75) is 13.8 Å². The molecular formula is C19H18Cl2N4O2. The zero-order valence-corrected chi connectivity index (χ0v) is 16.4. The first-order valence-electron chi connectivity index (χ1n) is 8.24. The number of hydrogen-bond acceptors (Lipinski definition) is 5. The molecule has 6 nitrogen and oxygen atoms in total. The highest BCUT2D eigenvalue weighted by molar-refractivity contribution is 6.37. The average Bonchev–Trinajstić information content (AvgIpc) is 3.15. The summed E-state index contributed by atoms with van der Waals surface area (Å²) < 4.78 is 12.9. The highest BCUT2D eigenvalue weighted by Crippen LogP contribution is 2.33. The predicted molar refractivity (Wildman–Crippen MR) is 106 cm³/mol. The first kappa shape index (κ1) is 19.2. The van der Waals surface area contributed by atoms with Crippen molar-refractivity contribution >= 4 is 29.4 Å². The number of aryl methyl sites for hydroxylation is 2. The van der Waals surface area contributed by atoms with E-state index in [9.17, 15) is 0 Å². The maximum absolute atomic E-state index is 6.29. The van der Waals surface area contributed by atoms with Crippen molar-refractivity contribution in [3.63, 3.8) is 0 Å². The van der Waals surface area contributed by atoms with Crippen LogP contribution in [0.25, 0.3) is 0 Å². The summed E-state index contributed by atoms with van der Waals surface area (Å²) in [6, 6.07) is 9.41. The molecule has 0 atom stereocenters. The summed E-state index contributed by atoms with van der Waals surface area (Å²) in [5, 5.41) is 12.3. The second-order valence-corrected chi connectivity index (χ2v) is 6.66. The molecule has 2 aromatic carbocycles. The van der Waals surface area contributed by atoms with E-state index < -0.39 is 0 Å². The Morgan fingerprint density at radius 3 is 2.30 bits per heavy atom. The van der Waals surface area contributed by atoms with Crippen LogP contribution in [0.4, 0.5) is 0 Å². The Morgan fingerprint density at radius 2 is 1.63 bits per heavy atom. The molecule has 1 aromatic heterocycles. The molecule has 0 bridgehead atoms. The summed E-state index contributed by atoms with van der Waals surface area (Å²) in [5.74, 6) is 1.22. The number of halogens is 2. The van der Waals surface area contributed by atoms with Crippen molar-refractivity contribution in [3.05, 3.63) is 69.7 Å². The van der Waals surface area contributed by atoms with E-state index in [2.05, 4.69) is 22.2 Å². The molecule has 0 saturated heterocycles. The fraction of sp³-hybridized carbons (Fsp3) is 0.211. The van der Waals surface area contributed by atoms with Gasteiger partial charge in [-0.3, -0.25) is 0 Å². The number of aromatic nitrogens is 3. The smallest absolute Gasteiger partial charge is 0.156 e. The summed E-state index contributed by atoms with van der Waals surface area (Å²) in [6.45, 7) is 4.81. The van der Waals surface area contributed by atoms with Gasteiger partial charge in [-0.1, -0.05) is 29.3 Å². The second kappa shape index (κ2) is 8.88. The van der Waals surface area contributed by atoms with Gasteiger partial charge in [0.2, 0.25) is 0 Å². The molecule has 0 amide bonds. The molecule has 0 aliphatic rings. The van der Waals surface area contributed by atoms with Gasteiger partial charge in [0.25, 0.3) is 0 Å². The molecule has 140 valence electrons. The van der Waals surface area contributed by atoms with Crippen molar-refractivity contribution < 1.29 is 9.47 Å². The van der Waals surface area contributed by atoms with Crippen LogP contribution in [0.1, 0.15) is 16.7 Å². The third kappa shape index (κ3) is 5.21. The molecule has 0 radical (unpaired) electrons. The van der Waals surface area contributed by atoms with Crippen molar-refractivity contribution in [2.24, 2.45) is 5.10 Å². The van der Waals surface area contributed by atoms with E-state index in [0.717, 1.165) is 11.3 Å². The highest BCUT2D eigenvalue weighted by atomic mass is 35.5. The quantitative estimate of drug-likeness (QED) is 0.428. The van der Waals surface area contributed by atoms with Crippen molar-refractivity contribution in [1.29, 1.82) is 0 Å². The van der Waals surface area contributed by atoms with Gasteiger partial charge in [-0.15, -0.1) is 10.2 Å². The molecule has 3 rings (SSSR count). The number of rotatable bonds is 7. The van der Waals surface area contributed by atoms with Crippen molar-refractivity contribution in [2.75, 3.05) is 13.2 Å². The molecule has 8 heteroatoms. The zero-order chi connectivity index (χ0) is 19.2. The van der Waals surface area contributed by atoms with E-state index in [-0.39, 0.29) is 0 Å². The van der Waals surface area contributed by atoms with E-state index in [1.54, 1.807) is 18.3 Å². The van der Waals surface area contributed by atoms with E-state index >= 15 is 0 Å². The molecule has 0 aliphatic carbocycles. The van der Waals surface area contributed by atoms with Gasteiger partial charge in [-0.2, -0.15) is 5.10 Å². The van der Waals surface area contributed by atoms with Crippen LogP contribution < -0.4 is 9.47 Å². The Hall–Kier alpha value is -2.57. The highest BCUT2D eigenvalue weighted by Gasteiger charge is 2.09. The summed E-state index contributed by atoms with van der Waals surface area (Å²) >= 11 is 12.6. The summed E-state index contributed by atoms with van der Waals surface area (Å²) in [4.78, 5) is 0. The monoisotopic (exact) mass is 404 g/mol. The van der Waals surface area contributed by atoms with Gasteiger partial charge in [0.1, 0.15) is 31.6 Å². The van der Waals surface area contributed by atoms with E-state index in [1.165, 1.54) is 28.5 Å². The van der Waals surface area contributed by atoms with E-state index in [4.69, 9.17) is 32.7 Å². The van der Waals surface area contributed by atoms with Crippen LogP contribution in [0.3, 0.4) is 0 Å². The lowest BCUT2D eigenvalue weighted by Gasteiger charge is -2.12. The lowest BCUT2D eigenvalue weighted by Crippen LogP contribution is -2.09. The summed E-state index contributed by atoms with van der Waals surface area (Å²) in [6.07, 6.45) is 4.56. The molecular weight excluding hydrogens is 387 g/mol. The van der Waals surface area contributed by atoms with Gasteiger partial charge >= 0.3 is 0 Å². The number of ether oxygens (including phenoxy) is 2. The van der Waals surface area contributed by atoms with E-state index in [0.29, 0.717) is 29.0 Å². The van der Waals surface area contributed by atoms with Crippen LogP contribution in [0.2, 0.25) is 10.0 Å². The fourth-order valence-electron chi connectivity index (χ4n) is 2.29. The average molecular weight is 405 g/mol. The second-order valence-electron chi connectivity index (χ2n) is 5.84. The summed E-state index contributed by atoms with van der Waals surface area (Å²) in [5.41, 5.74) is 3.14. The molecule has 0 saturated carbocycles. The van der Waals surface area contributed by atoms with Crippen LogP contribution >= 0.6 is 23.2 Å². The van der Waals surface area contributed by atoms with Crippen molar-refractivity contribution in [3.8, 4) is 11.5 Å². The summed E-state index contributed by atoms with van der Waals surface area (Å²) in [7, 11) is 0. The first-order valence-corrected chi connectivity index (χ1v) is 8.99. The molecule has 1 heterocycles. The molecule has 27 heavy (non-hydrogen) atoms. The Kier molecular flexibility index (Phi) is 6.32. The molecule has 0 spiro atoms. The minimum Gasteiger partial charge on any atom is -0.490 e. The third-order valence-electron chi connectivity index (χ3n) is 3.84. The number of hydrogen-bond donors (Lipinski definition) is 0. The Morgan fingerprint density at radius 1 is 0.963 bits per heavy atom. The van der Waals surface area contributed by atoms with Gasteiger partial charge < -0.3 is 9.47 Å². The van der Waals surface area contributed by atoms with Gasteiger partial charge in [-0.25, -0.2) is 4.68 Å². The minimum absolute atomic E-state index is 0.320. The van der Waals surface area contributed by atoms with Crippen LogP contribution in [0, 0.1) is 13.8 Å². The molecule has 0 fully saturated rings. The van der Waals surface area contributed by atoms with Gasteiger partial charge in [0.05, 0.1) is 16.3 Å². The first-order chi connectivity index (χ1) is 13.0. The van der Waals surface area contributed by atoms with Crippen LogP contribution in [-0.4, -0.2) is 34.3 Å². The number of nitrogens with zero attached hydrogens (tertiary/aromatic N) is 4. The van der Waals surface area contributed by atoms with Gasteiger partial charge in [-0.05, 0) is 54.8 Å². The topological polar surface area (TPSA) is 61.5 Å². The zero-order valence-electron chi connectivity index (χ0n) is 14.9. The minimum atomic E-state index is 0.320. The molecule has 0 aliphatic heterocycles.